The van der Waals surface area contributed by atoms with Gasteiger partial charge in [0.05, 0.1) is 10.7 Å². The Balaban J connectivity index is 1.64. The van der Waals surface area contributed by atoms with Gasteiger partial charge in [-0.15, -0.1) is 11.8 Å². The number of non-ortho nitro benzene ring substituents is 1. The largest absolute Gasteiger partial charge is 0.273 e. The molecule has 1 aliphatic heterocycles. The molecule has 0 aromatic heterocycles. The fourth-order valence-electron chi connectivity index (χ4n) is 3.69. The monoisotopic (exact) mass is 449 g/mol. The van der Waals surface area contributed by atoms with E-state index in [4.69, 9.17) is 0 Å². The highest BCUT2D eigenvalue weighted by molar-refractivity contribution is 8.00. The topological polar surface area (TPSA) is 92.6 Å². The molecule has 0 saturated carbocycles. The first-order valence-corrected chi connectivity index (χ1v) is 12.5. The maximum Gasteiger partial charge on any atom is 0.269 e. The lowest BCUT2D eigenvalue weighted by Crippen LogP contribution is -2.44. The number of nitrogens with zero attached hydrogens (tertiary/aromatic N) is 2. The van der Waals surface area contributed by atoms with Crippen LogP contribution < -0.4 is 5.43 Å². The number of carbonyl (C=O) groups excluding carboxylic acids is 2. The van der Waals surface area contributed by atoms with Crippen LogP contribution in [0, 0.1) is 10.1 Å². The molecule has 0 aliphatic carbocycles. The summed E-state index contributed by atoms with van der Waals surface area (Å²) in [6, 6.07) is 6.11. The third kappa shape index (κ3) is 8.89. The zero-order valence-electron chi connectivity index (χ0n) is 18.5. The normalized spacial score (nSPS) is 16.0. The van der Waals surface area contributed by atoms with Gasteiger partial charge in [-0.25, -0.2) is 5.01 Å². The number of amides is 2. The molecule has 31 heavy (non-hydrogen) atoms. The lowest BCUT2D eigenvalue weighted by Gasteiger charge is -2.24. The van der Waals surface area contributed by atoms with Crippen molar-refractivity contribution in [3.05, 3.63) is 39.9 Å². The van der Waals surface area contributed by atoms with E-state index in [1.807, 2.05) is 0 Å². The third-order valence-corrected chi connectivity index (χ3v) is 6.72. The molecule has 7 nitrogen and oxygen atoms in total. The molecule has 0 spiro atoms. The van der Waals surface area contributed by atoms with Gasteiger partial charge in [0.2, 0.25) is 5.91 Å². The van der Waals surface area contributed by atoms with Crippen molar-refractivity contribution in [3.63, 3.8) is 0 Å². The number of nitro groups is 1. The second kappa shape index (κ2) is 14.1. The first kappa shape index (κ1) is 25.2. The van der Waals surface area contributed by atoms with Gasteiger partial charge in [-0.05, 0) is 24.1 Å². The molecule has 2 amide bonds. The lowest BCUT2D eigenvalue weighted by molar-refractivity contribution is -0.384. The van der Waals surface area contributed by atoms with Crippen LogP contribution >= 0.6 is 11.8 Å². The Morgan fingerprint density at radius 2 is 1.58 bits per heavy atom. The quantitative estimate of drug-likeness (QED) is 0.204. The predicted molar refractivity (Wildman–Crippen MR) is 124 cm³/mol. The number of nitro benzene ring substituents is 1. The fourth-order valence-corrected chi connectivity index (χ4v) is 4.80. The molecule has 1 unspecified atom stereocenters. The highest BCUT2D eigenvalue weighted by Crippen LogP contribution is 2.37. The standard InChI is InChI=1S/C23H35N3O4S/c1-2-3-4-5-6-7-8-9-10-11-12-13-21(27)24-25-22(28)18-31-23(25)19-14-16-20(17-15-19)26(29)30/h14-17,23H,2-13,18H2,1H3,(H,24,27). The van der Waals surface area contributed by atoms with Gasteiger partial charge in [-0.1, -0.05) is 71.1 Å². The van der Waals surface area contributed by atoms with Crippen molar-refractivity contribution in [2.24, 2.45) is 0 Å². The van der Waals surface area contributed by atoms with E-state index in [9.17, 15) is 19.7 Å². The predicted octanol–water partition coefficient (Wildman–Crippen LogP) is 5.90. The second-order valence-corrected chi connectivity index (χ2v) is 9.16. The minimum absolute atomic E-state index is 0.00477. The molecular weight excluding hydrogens is 414 g/mol. The average molecular weight is 450 g/mol. The molecule has 8 heteroatoms. The number of thioether (sulfide) groups is 1. The molecule has 1 N–H and O–H groups in total. The Morgan fingerprint density at radius 1 is 1.03 bits per heavy atom. The van der Waals surface area contributed by atoms with E-state index in [0.717, 1.165) is 24.8 Å². The van der Waals surface area contributed by atoms with Crippen LogP contribution in [0.4, 0.5) is 5.69 Å². The SMILES string of the molecule is CCCCCCCCCCCCCC(=O)NN1C(=O)CSC1c1ccc([N+](=O)[O-])cc1. The van der Waals surface area contributed by atoms with Crippen LogP contribution in [0.2, 0.25) is 0 Å². The summed E-state index contributed by atoms with van der Waals surface area (Å²) in [6.07, 6.45) is 13.9. The first-order chi connectivity index (χ1) is 15.0. The molecule has 0 bridgehead atoms. The highest BCUT2D eigenvalue weighted by Gasteiger charge is 2.34. The number of nitrogens with one attached hydrogen (secondary N) is 1. The molecule has 1 aromatic rings. The van der Waals surface area contributed by atoms with Gasteiger partial charge < -0.3 is 0 Å². The molecule has 1 aromatic carbocycles. The molecule has 1 fully saturated rings. The zero-order chi connectivity index (χ0) is 22.5. The minimum atomic E-state index is -0.454. The average Bonchev–Trinajstić information content (AvgIpc) is 3.12. The summed E-state index contributed by atoms with van der Waals surface area (Å²) in [5, 5.41) is 11.8. The van der Waals surface area contributed by atoms with Crippen LogP contribution in [0.15, 0.2) is 24.3 Å². The van der Waals surface area contributed by atoms with Crippen LogP contribution in [-0.2, 0) is 9.59 Å². The van der Waals surface area contributed by atoms with Gasteiger partial charge in [-0.2, -0.15) is 0 Å². The van der Waals surface area contributed by atoms with E-state index in [2.05, 4.69) is 12.3 Å². The smallest absolute Gasteiger partial charge is 0.269 e. The number of hydrogen-bond acceptors (Lipinski definition) is 5. The molecule has 2 rings (SSSR count). The summed E-state index contributed by atoms with van der Waals surface area (Å²) in [4.78, 5) is 34.9. The Bertz CT molecular complexity index is 711. The number of carbonyl (C=O) groups is 2. The molecule has 0 radical (unpaired) electrons. The summed E-state index contributed by atoms with van der Waals surface area (Å²) in [7, 11) is 0. The van der Waals surface area contributed by atoms with Gasteiger partial charge in [0.15, 0.2) is 0 Å². The van der Waals surface area contributed by atoms with Crippen molar-refractivity contribution in [1.29, 1.82) is 0 Å². The number of benzene rings is 1. The van der Waals surface area contributed by atoms with Crippen molar-refractivity contribution >= 4 is 29.3 Å². The Labute approximate surface area is 189 Å². The van der Waals surface area contributed by atoms with Crippen LogP contribution in [0.5, 0.6) is 0 Å². The minimum Gasteiger partial charge on any atom is -0.273 e. The number of hydrogen-bond donors (Lipinski definition) is 1. The molecule has 172 valence electrons. The van der Waals surface area contributed by atoms with E-state index < -0.39 is 4.92 Å². The summed E-state index contributed by atoms with van der Waals surface area (Å²) in [5.41, 5.74) is 3.51. The van der Waals surface area contributed by atoms with Crippen LogP contribution in [-0.4, -0.2) is 27.5 Å². The Morgan fingerprint density at radius 3 is 2.13 bits per heavy atom. The summed E-state index contributed by atoms with van der Waals surface area (Å²) in [6.45, 7) is 2.24. The van der Waals surface area contributed by atoms with Crippen molar-refractivity contribution in [2.75, 3.05) is 5.75 Å². The summed E-state index contributed by atoms with van der Waals surface area (Å²) < 4.78 is 0. The zero-order valence-corrected chi connectivity index (χ0v) is 19.3. The van der Waals surface area contributed by atoms with Crippen LogP contribution in [0.1, 0.15) is 94.9 Å². The number of unbranched alkanes of at least 4 members (excludes halogenated alkanes) is 10. The first-order valence-electron chi connectivity index (χ1n) is 11.5. The molecule has 1 atom stereocenters. The molecule has 1 heterocycles. The lowest BCUT2D eigenvalue weighted by atomic mass is 10.1. The molecular formula is C23H35N3O4S. The Kier molecular flexibility index (Phi) is 11.4. The van der Waals surface area contributed by atoms with Crippen molar-refractivity contribution in [2.45, 2.75) is 89.3 Å². The third-order valence-electron chi connectivity index (χ3n) is 5.51. The van der Waals surface area contributed by atoms with Crippen LogP contribution in [0.3, 0.4) is 0 Å². The van der Waals surface area contributed by atoms with E-state index in [1.165, 1.54) is 80.3 Å². The number of rotatable bonds is 15. The molecule has 1 saturated heterocycles. The van der Waals surface area contributed by atoms with Crippen molar-refractivity contribution in [1.82, 2.24) is 10.4 Å². The van der Waals surface area contributed by atoms with E-state index >= 15 is 0 Å². The summed E-state index contributed by atoms with van der Waals surface area (Å²) in [5.74, 6) is -0.0280. The van der Waals surface area contributed by atoms with Crippen molar-refractivity contribution in [3.8, 4) is 0 Å². The summed E-state index contributed by atoms with van der Waals surface area (Å²) >= 11 is 1.41. The molecule has 1 aliphatic rings. The van der Waals surface area contributed by atoms with E-state index in [0.29, 0.717) is 6.42 Å². The van der Waals surface area contributed by atoms with Crippen molar-refractivity contribution < 1.29 is 14.5 Å². The van der Waals surface area contributed by atoms with E-state index in [1.54, 1.807) is 12.1 Å². The van der Waals surface area contributed by atoms with Crippen LogP contribution in [0.25, 0.3) is 0 Å². The fraction of sp³-hybridized carbons (Fsp3) is 0.652. The van der Waals surface area contributed by atoms with Gasteiger partial charge in [0.25, 0.3) is 11.6 Å². The highest BCUT2D eigenvalue weighted by atomic mass is 32.2. The Hall–Kier alpha value is -2.09. The number of hydrazine groups is 1. The van der Waals surface area contributed by atoms with Gasteiger partial charge in [-0.3, -0.25) is 25.1 Å². The maximum absolute atomic E-state index is 12.3. The van der Waals surface area contributed by atoms with Gasteiger partial charge in [0.1, 0.15) is 5.37 Å². The van der Waals surface area contributed by atoms with Gasteiger partial charge in [0, 0.05) is 18.6 Å². The second-order valence-electron chi connectivity index (χ2n) is 8.10. The maximum atomic E-state index is 12.3. The van der Waals surface area contributed by atoms with Gasteiger partial charge >= 0.3 is 0 Å². The van der Waals surface area contributed by atoms with E-state index in [-0.39, 0.29) is 28.6 Å².